The lowest BCUT2D eigenvalue weighted by Gasteiger charge is -2.49. The molecular formula is C22H21ClN2O2S. The first-order chi connectivity index (χ1) is 13.1. The molecule has 144 valence electrons. The van der Waals surface area contributed by atoms with E-state index < -0.39 is 27.4 Å². The van der Waals surface area contributed by atoms with Crippen LogP contribution in [0, 0.1) is 27.4 Å². The molecular weight excluding hydrogens is 392 g/mol. The van der Waals surface area contributed by atoms with Gasteiger partial charge in [-0.3, -0.25) is 9.59 Å². The van der Waals surface area contributed by atoms with E-state index >= 15 is 0 Å². The van der Waals surface area contributed by atoms with E-state index in [0.29, 0.717) is 10.6 Å². The molecule has 0 saturated heterocycles. The van der Waals surface area contributed by atoms with Crippen molar-refractivity contribution in [1.82, 2.24) is 0 Å². The van der Waals surface area contributed by atoms with Crippen LogP contribution in [0.5, 0.6) is 0 Å². The summed E-state index contributed by atoms with van der Waals surface area (Å²) in [5.74, 6) is -1.19. The number of carbonyl (C=O) groups is 2. The molecule has 0 radical (unpaired) electrons. The molecule has 4 rings (SSSR count). The summed E-state index contributed by atoms with van der Waals surface area (Å²) in [7, 11) is 1.76. The Bertz CT molecular complexity index is 1020. The maximum atomic E-state index is 14.1. The van der Waals surface area contributed by atoms with Crippen LogP contribution in [0.25, 0.3) is 0 Å². The van der Waals surface area contributed by atoms with Crippen LogP contribution >= 0.6 is 23.4 Å². The molecule has 0 saturated carbocycles. The summed E-state index contributed by atoms with van der Waals surface area (Å²) in [6, 6.07) is 5.62. The van der Waals surface area contributed by atoms with Crippen molar-refractivity contribution in [1.29, 1.82) is 5.26 Å². The van der Waals surface area contributed by atoms with Gasteiger partial charge in [0.15, 0.2) is 5.78 Å². The van der Waals surface area contributed by atoms with Gasteiger partial charge >= 0.3 is 0 Å². The van der Waals surface area contributed by atoms with Crippen molar-refractivity contribution in [3.63, 3.8) is 0 Å². The predicted molar refractivity (Wildman–Crippen MR) is 112 cm³/mol. The number of likely N-dealkylation sites (N-methyl/N-ethyl adjacent to an activating group) is 1. The van der Waals surface area contributed by atoms with Gasteiger partial charge in [-0.2, -0.15) is 5.26 Å². The Morgan fingerprint density at radius 1 is 1.32 bits per heavy atom. The van der Waals surface area contributed by atoms with Crippen LogP contribution in [0.4, 0.5) is 5.69 Å². The number of thioether (sulfide) groups is 1. The smallest absolute Gasteiger partial charge is 0.234 e. The molecule has 28 heavy (non-hydrogen) atoms. The molecule has 0 fully saturated rings. The van der Waals surface area contributed by atoms with Crippen molar-refractivity contribution in [3.05, 3.63) is 53.1 Å². The number of rotatable bonds is 2. The van der Waals surface area contributed by atoms with Crippen molar-refractivity contribution < 1.29 is 9.59 Å². The third-order valence-corrected chi connectivity index (χ3v) is 8.77. The van der Waals surface area contributed by atoms with Crippen LogP contribution in [0.2, 0.25) is 0 Å². The van der Waals surface area contributed by atoms with E-state index in [1.165, 1.54) is 0 Å². The van der Waals surface area contributed by atoms with Crippen LogP contribution < -0.4 is 4.90 Å². The monoisotopic (exact) mass is 412 g/mol. The summed E-state index contributed by atoms with van der Waals surface area (Å²) < 4.78 is -1.26. The Morgan fingerprint density at radius 3 is 2.61 bits per heavy atom. The van der Waals surface area contributed by atoms with Gasteiger partial charge in [0.2, 0.25) is 5.91 Å². The van der Waals surface area contributed by atoms with Gasteiger partial charge in [-0.1, -0.05) is 49.7 Å². The molecule has 0 N–H and O–H groups in total. The standard InChI is InChI=1S/C22H21ClN2O2S/c1-6-21(4)15(23)10-13-18(26)22(21,28-11-24)12-8-7-9-14-16(12)17(20(13,2)3)19(27)25(14)5/h6-10,13,17H,1H2,2-5H3/t13-,17+,21+,22+/m0/s1. The summed E-state index contributed by atoms with van der Waals surface area (Å²) in [5, 5.41) is 12.4. The average molecular weight is 413 g/mol. The second kappa shape index (κ2) is 5.75. The number of benzene rings is 1. The molecule has 1 aliphatic heterocycles. The Labute approximate surface area is 174 Å². The van der Waals surface area contributed by atoms with E-state index in [2.05, 4.69) is 12.0 Å². The zero-order valence-corrected chi connectivity index (χ0v) is 17.8. The van der Waals surface area contributed by atoms with Crippen LogP contribution in [0.1, 0.15) is 37.8 Å². The van der Waals surface area contributed by atoms with Crippen LogP contribution in [0.3, 0.4) is 0 Å². The maximum Gasteiger partial charge on any atom is 0.234 e. The van der Waals surface area contributed by atoms with E-state index in [1.807, 2.05) is 39.0 Å². The summed E-state index contributed by atoms with van der Waals surface area (Å²) in [5.41, 5.74) is 0.679. The number of anilines is 1. The molecule has 1 aromatic carbocycles. The van der Waals surface area contributed by atoms with Gasteiger partial charge in [0, 0.05) is 29.1 Å². The zero-order valence-electron chi connectivity index (χ0n) is 16.2. The maximum absolute atomic E-state index is 14.1. The molecule has 1 heterocycles. The minimum Gasteiger partial charge on any atom is -0.315 e. The van der Waals surface area contributed by atoms with Gasteiger partial charge in [-0.05, 0) is 41.3 Å². The first-order valence-electron chi connectivity index (χ1n) is 9.13. The Balaban J connectivity index is 2.25. The minimum absolute atomic E-state index is 0.0327. The van der Waals surface area contributed by atoms with Gasteiger partial charge in [-0.15, -0.1) is 6.58 Å². The highest BCUT2D eigenvalue weighted by Crippen LogP contribution is 2.68. The Kier molecular flexibility index (Phi) is 3.96. The van der Waals surface area contributed by atoms with E-state index in [4.69, 9.17) is 11.6 Å². The van der Waals surface area contributed by atoms with Crippen molar-refractivity contribution in [2.24, 2.45) is 16.7 Å². The molecule has 1 amide bonds. The van der Waals surface area contributed by atoms with Gasteiger partial charge in [0.05, 0.1) is 5.92 Å². The number of halogens is 1. The molecule has 0 spiro atoms. The largest absolute Gasteiger partial charge is 0.315 e. The number of amides is 1. The van der Waals surface area contributed by atoms with Gasteiger partial charge in [-0.25, -0.2) is 0 Å². The topological polar surface area (TPSA) is 61.2 Å². The molecule has 0 unspecified atom stereocenters. The fourth-order valence-electron chi connectivity index (χ4n) is 5.29. The quantitative estimate of drug-likeness (QED) is 0.521. The molecule has 4 nitrogen and oxygen atoms in total. The minimum atomic E-state index is -1.26. The predicted octanol–water partition coefficient (Wildman–Crippen LogP) is 4.71. The molecule has 4 atom stereocenters. The lowest BCUT2D eigenvalue weighted by molar-refractivity contribution is -0.131. The second-order valence-electron chi connectivity index (χ2n) is 8.53. The number of carbonyl (C=O) groups excluding carboxylic acids is 2. The highest BCUT2D eigenvalue weighted by atomic mass is 35.5. The van der Waals surface area contributed by atoms with Crippen LogP contribution in [-0.4, -0.2) is 18.7 Å². The number of hydrogen-bond donors (Lipinski definition) is 0. The third kappa shape index (κ3) is 1.88. The highest BCUT2D eigenvalue weighted by molar-refractivity contribution is 8.05. The van der Waals surface area contributed by atoms with Gasteiger partial charge in [0.1, 0.15) is 10.1 Å². The second-order valence-corrected chi connectivity index (χ2v) is 9.93. The number of thiocyanates is 1. The highest BCUT2D eigenvalue weighted by Gasteiger charge is 2.67. The summed E-state index contributed by atoms with van der Waals surface area (Å²) in [6.45, 7) is 9.71. The van der Waals surface area contributed by atoms with Crippen molar-refractivity contribution in [3.8, 4) is 5.40 Å². The molecule has 0 aromatic heterocycles. The van der Waals surface area contributed by atoms with Crippen LogP contribution in [0.15, 0.2) is 42.0 Å². The summed E-state index contributed by atoms with van der Waals surface area (Å²) in [4.78, 5) is 29.0. The Hall–Kier alpha value is -2.03. The first-order valence-corrected chi connectivity index (χ1v) is 10.3. The van der Waals surface area contributed by atoms with Crippen molar-refractivity contribution >= 4 is 40.7 Å². The molecule has 2 bridgehead atoms. The fraction of sp³-hybridized carbons (Fsp3) is 0.409. The number of Topliss-reactive ketones (excluding diaryl/α,β-unsaturated/α-hetero) is 1. The number of nitrogens with zero attached hydrogens (tertiary/aromatic N) is 2. The van der Waals surface area contributed by atoms with Gasteiger partial charge < -0.3 is 4.90 Å². The Morgan fingerprint density at radius 2 is 2.00 bits per heavy atom. The van der Waals surface area contributed by atoms with E-state index in [0.717, 1.165) is 23.0 Å². The normalized spacial score (nSPS) is 35.0. The zero-order chi connectivity index (χ0) is 20.6. The number of fused-ring (bicyclic) bond motifs is 3. The lowest BCUT2D eigenvalue weighted by Crippen LogP contribution is -2.54. The SMILES string of the molecule is C=C[C@]1(C)C(Cl)=C[C@H]2C(=O)[C@]1(SC#N)c1cccc3c1[C@H](C(=O)N3C)C2(C)C. The summed E-state index contributed by atoms with van der Waals surface area (Å²) >= 11 is 7.70. The van der Waals surface area contributed by atoms with E-state index in [1.54, 1.807) is 24.1 Å². The third-order valence-electron chi connectivity index (χ3n) is 7.01. The van der Waals surface area contributed by atoms with E-state index in [-0.39, 0.29) is 11.7 Å². The van der Waals surface area contributed by atoms with Crippen molar-refractivity contribution in [2.45, 2.75) is 31.4 Å². The number of allylic oxidation sites excluding steroid dienone is 3. The number of hydrogen-bond acceptors (Lipinski definition) is 4. The average Bonchev–Trinajstić information content (AvgIpc) is 2.90. The lowest BCUT2D eigenvalue weighted by atomic mass is 9.60. The molecule has 3 aliphatic rings. The molecule has 2 aliphatic carbocycles. The first kappa shape index (κ1) is 19.3. The number of nitriles is 1. The van der Waals surface area contributed by atoms with E-state index in [9.17, 15) is 14.9 Å². The fourth-order valence-corrected chi connectivity index (χ4v) is 6.74. The summed E-state index contributed by atoms with van der Waals surface area (Å²) in [6.07, 6.45) is 3.44. The van der Waals surface area contributed by atoms with Crippen LogP contribution in [-0.2, 0) is 14.3 Å². The molecule has 6 heteroatoms. The van der Waals surface area contributed by atoms with Crippen molar-refractivity contribution in [2.75, 3.05) is 11.9 Å². The number of ketones is 1. The van der Waals surface area contributed by atoms with Gasteiger partial charge in [0.25, 0.3) is 0 Å². The molecule has 1 aromatic rings.